The van der Waals surface area contributed by atoms with Crippen LogP contribution in [0.2, 0.25) is 0 Å². The maximum atomic E-state index is 12.5. The van der Waals surface area contributed by atoms with Crippen LogP contribution in [0.15, 0.2) is 55.1 Å². The van der Waals surface area contributed by atoms with Gasteiger partial charge >= 0.3 is 5.97 Å². The lowest BCUT2D eigenvalue weighted by molar-refractivity contribution is -0.0167. The number of benzene rings is 2. The summed E-state index contributed by atoms with van der Waals surface area (Å²) in [6.07, 6.45) is 3.47. The number of esters is 1. The molecule has 0 saturated carbocycles. The second kappa shape index (κ2) is 7.77. The molecule has 0 heterocycles. The maximum Gasteiger partial charge on any atom is 0.339 e. The fraction of sp³-hybridized carbons (Fsp3) is 0.250. The summed E-state index contributed by atoms with van der Waals surface area (Å²) in [6.45, 7) is 7.79. The predicted octanol–water partition coefficient (Wildman–Crippen LogP) is 5.81. The Kier molecular flexibility index (Phi) is 5.99. The van der Waals surface area contributed by atoms with E-state index >= 15 is 0 Å². The predicted molar refractivity (Wildman–Crippen MR) is 103 cm³/mol. The second-order valence-electron chi connectivity index (χ2n) is 5.70. The van der Waals surface area contributed by atoms with E-state index in [2.05, 4.69) is 36.1 Å². The molecule has 0 saturated heterocycles. The molecule has 1 atom stereocenters. The number of ether oxygens (including phenoxy) is 1. The van der Waals surface area contributed by atoms with Crippen LogP contribution in [0.5, 0.6) is 0 Å². The van der Waals surface area contributed by atoms with Gasteiger partial charge in [0.2, 0.25) is 0 Å². The van der Waals surface area contributed by atoms with Crippen LogP contribution < -0.4 is 0 Å². The Morgan fingerprint density at radius 3 is 2.30 bits per heavy atom. The van der Waals surface area contributed by atoms with E-state index in [4.69, 9.17) is 4.74 Å². The Labute approximate surface area is 151 Å². The quantitative estimate of drug-likeness (QED) is 0.436. The molecule has 2 aromatic carbocycles. The molecule has 2 nitrogen and oxygen atoms in total. The Morgan fingerprint density at radius 1 is 1.17 bits per heavy atom. The molecule has 0 aliphatic rings. The third kappa shape index (κ3) is 4.44. The van der Waals surface area contributed by atoms with Crippen LogP contribution in [0.3, 0.4) is 0 Å². The van der Waals surface area contributed by atoms with E-state index in [0.717, 1.165) is 27.5 Å². The summed E-state index contributed by atoms with van der Waals surface area (Å²) < 4.78 is 7.06. The molecule has 2 rings (SSSR count). The van der Waals surface area contributed by atoms with E-state index < -0.39 is 5.60 Å². The van der Waals surface area contributed by atoms with Gasteiger partial charge in [-0.2, -0.15) is 0 Å². The Balaban J connectivity index is 2.24. The largest absolute Gasteiger partial charge is 0.451 e. The fourth-order valence-electron chi connectivity index (χ4n) is 2.55. The molecule has 1 unspecified atom stereocenters. The van der Waals surface area contributed by atoms with Crippen LogP contribution in [0.25, 0.3) is 6.08 Å². The van der Waals surface area contributed by atoms with Crippen molar-refractivity contribution in [1.29, 1.82) is 0 Å². The molecule has 2 aromatic rings. The zero-order valence-electron chi connectivity index (χ0n) is 13.5. The van der Waals surface area contributed by atoms with Gasteiger partial charge in [-0.05, 0) is 71.3 Å². The van der Waals surface area contributed by atoms with Crippen LogP contribution in [0.1, 0.15) is 48.2 Å². The van der Waals surface area contributed by atoms with Crippen LogP contribution in [-0.2, 0) is 10.3 Å². The molecule has 120 valence electrons. The normalized spacial score (nSPS) is 13.2. The lowest BCUT2D eigenvalue weighted by Crippen LogP contribution is -2.29. The van der Waals surface area contributed by atoms with Crippen molar-refractivity contribution in [3.8, 4) is 0 Å². The molecule has 0 aromatic heterocycles. The first-order valence-corrected chi connectivity index (χ1v) is 8.78. The van der Waals surface area contributed by atoms with Crippen LogP contribution >= 0.6 is 22.6 Å². The first-order chi connectivity index (χ1) is 11.0. The molecule has 0 N–H and O–H groups in total. The highest BCUT2D eigenvalue weighted by Crippen LogP contribution is 2.32. The summed E-state index contributed by atoms with van der Waals surface area (Å²) in [5.41, 5.74) is 1.95. The SMILES string of the molecule is C=Cc1ccc(C(=O)OC(C)(CCC)c2ccc(I)cc2)cc1. The van der Waals surface area contributed by atoms with Gasteiger partial charge in [0.05, 0.1) is 5.56 Å². The smallest absolute Gasteiger partial charge is 0.339 e. The summed E-state index contributed by atoms with van der Waals surface area (Å²) >= 11 is 2.27. The number of halogens is 1. The Hall–Kier alpha value is -1.62. The van der Waals surface area contributed by atoms with Crippen molar-refractivity contribution in [2.45, 2.75) is 32.3 Å². The highest BCUT2D eigenvalue weighted by Gasteiger charge is 2.30. The third-order valence-corrected chi connectivity index (χ3v) is 4.60. The van der Waals surface area contributed by atoms with Crippen molar-refractivity contribution in [2.24, 2.45) is 0 Å². The molecule has 0 aliphatic carbocycles. The van der Waals surface area contributed by atoms with Gasteiger partial charge in [-0.15, -0.1) is 0 Å². The molecular weight excluding hydrogens is 399 g/mol. The molecule has 3 heteroatoms. The fourth-order valence-corrected chi connectivity index (χ4v) is 2.91. The molecule has 0 bridgehead atoms. The highest BCUT2D eigenvalue weighted by atomic mass is 127. The average molecular weight is 420 g/mol. The molecule has 0 fully saturated rings. The molecule has 0 spiro atoms. The van der Waals surface area contributed by atoms with Gasteiger partial charge in [-0.3, -0.25) is 0 Å². The van der Waals surface area contributed by atoms with Crippen molar-refractivity contribution in [3.63, 3.8) is 0 Å². The van der Waals surface area contributed by atoms with E-state index in [-0.39, 0.29) is 5.97 Å². The standard InChI is InChI=1S/C20H21IO2/c1-4-14-20(3,17-10-12-18(21)13-11-17)23-19(22)16-8-6-15(5-2)7-9-16/h5-13H,2,4,14H2,1,3H3. The van der Waals surface area contributed by atoms with Gasteiger partial charge < -0.3 is 4.74 Å². The maximum absolute atomic E-state index is 12.5. The molecule has 0 amide bonds. The zero-order chi connectivity index (χ0) is 16.9. The van der Waals surface area contributed by atoms with Crippen molar-refractivity contribution in [1.82, 2.24) is 0 Å². The van der Waals surface area contributed by atoms with E-state index in [0.29, 0.717) is 5.56 Å². The van der Waals surface area contributed by atoms with E-state index in [9.17, 15) is 4.79 Å². The van der Waals surface area contributed by atoms with Gasteiger partial charge in [-0.1, -0.05) is 50.3 Å². The molecule has 0 aliphatic heterocycles. The molecule has 23 heavy (non-hydrogen) atoms. The van der Waals surface area contributed by atoms with Crippen molar-refractivity contribution < 1.29 is 9.53 Å². The van der Waals surface area contributed by atoms with E-state index in [1.54, 1.807) is 18.2 Å². The van der Waals surface area contributed by atoms with E-state index in [1.165, 1.54) is 0 Å². The van der Waals surface area contributed by atoms with Crippen LogP contribution in [-0.4, -0.2) is 5.97 Å². The van der Waals surface area contributed by atoms with E-state index in [1.807, 2.05) is 43.3 Å². The number of rotatable bonds is 6. The lowest BCUT2D eigenvalue weighted by atomic mass is 9.91. The summed E-state index contributed by atoms with van der Waals surface area (Å²) in [7, 11) is 0. The first-order valence-electron chi connectivity index (χ1n) is 7.70. The van der Waals surface area contributed by atoms with Gasteiger partial charge in [0.25, 0.3) is 0 Å². The third-order valence-electron chi connectivity index (χ3n) is 3.88. The minimum Gasteiger partial charge on any atom is -0.451 e. The van der Waals surface area contributed by atoms with Gasteiger partial charge in [0.1, 0.15) is 5.60 Å². The topological polar surface area (TPSA) is 26.3 Å². The van der Waals surface area contributed by atoms with Crippen molar-refractivity contribution in [2.75, 3.05) is 0 Å². The average Bonchev–Trinajstić information content (AvgIpc) is 2.55. The highest BCUT2D eigenvalue weighted by molar-refractivity contribution is 14.1. The summed E-state index contributed by atoms with van der Waals surface area (Å²) in [5.74, 6) is -0.296. The zero-order valence-corrected chi connectivity index (χ0v) is 15.7. The minimum absolute atomic E-state index is 0.296. The molecule has 0 radical (unpaired) electrons. The Morgan fingerprint density at radius 2 is 1.78 bits per heavy atom. The molecular formula is C20H21IO2. The van der Waals surface area contributed by atoms with Gasteiger partial charge in [0, 0.05) is 3.57 Å². The first kappa shape index (κ1) is 17.7. The lowest BCUT2D eigenvalue weighted by Gasteiger charge is -2.30. The minimum atomic E-state index is -0.618. The second-order valence-corrected chi connectivity index (χ2v) is 6.95. The summed E-state index contributed by atoms with van der Waals surface area (Å²) in [6, 6.07) is 15.4. The van der Waals surface area contributed by atoms with Gasteiger partial charge in [-0.25, -0.2) is 4.79 Å². The number of hydrogen-bond acceptors (Lipinski definition) is 2. The van der Waals surface area contributed by atoms with Crippen molar-refractivity contribution >= 4 is 34.6 Å². The van der Waals surface area contributed by atoms with Crippen LogP contribution in [0, 0.1) is 3.57 Å². The van der Waals surface area contributed by atoms with Crippen molar-refractivity contribution in [3.05, 3.63) is 75.4 Å². The monoisotopic (exact) mass is 420 g/mol. The van der Waals surface area contributed by atoms with Gasteiger partial charge in [0.15, 0.2) is 0 Å². The summed E-state index contributed by atoms with van der Waals surface area (Å²) in [4.78, 5) is 12.5. The Bertz CT molecular complexity index is 674. The van der Waals surface area contributed by atoms with Crippen LogP contribution in [0.4, 0.5) is 0 Å². The number of hydrogen-bond donors (Lipinski definition) is 0. The number of carbonyl (C=O) groups is 1. The number of carbonyl (C=O) groups excluding carboxylic acids is 1. The summed E-state index contributed by atoms with van der Waals surface area (Å²) in [5, 5.41) is 0.